The maximum atomic E-state index is 12.6. The van der Waals surface area contributed by atoms with Gasteiger partial charge in [-0.2, -0.15) is 5.26 Å². The second-order valence-corrected chi connectivity index (χ2v) is 5.20. The third-order valence-corrected chi connectivity index (χ3v) is 3.82. The highest BCUT2D eigenvalue weighted by Gasteiger charge is 2.31. The van der Waals surface area contributed by atoms with Gasteiger partial charge in [-0.3, -0.25) is 4.79 Å². The molecule has 1 aliphatic rings. The molecule has 4 nitrogen and oxygen atoms in total. The number of hydrogen-bond donors (Lipinski definition) is 1. The van der Waals surface area contributed by atoms with Crippen molar-refractivity contribution in [1.29, 1.82) is 5.26 Å². The molecular formula is C17H15N3O. The summed E-state index contributed by atoms with van der Waals surface area (Å²) in [6, 6.07) is 15.2. The van der Waals surface area contributed by atoms with Gasteiger partial charge in [0, 0.05) is 12.7 Å². The van der Waals surface area contributed by atoms with Crippen LogP contribution in [0.3, 0.4) is 0 Å². The lowest BCUT2D eigenvalue weighted by molar-refractivity contribution is 0.0734. The highest BCUT2D eigenvalue weighted by Crippen LogP contribution is 2.33. The van der Waals surface area contributed by atoms with E-state index in [1.54, 1.807) is 18.0 Å². The first kappa shape index (κ1) is 13.2. The van der Waals surface area contributed by atoms with Crippen molar-refractivity contribution < 1.29 is 4.79 Å². The van der Waals surface area contributed by atoms with Crippen LogP contribution in [0.4, 0.5) is 5.69 Å². The van der Waals surface area contributed by atoms with Crippen molar-refractivity contribution in [2.24, 2.45) is 0 Å². The first-order chi connectivity index (χ1) is 10.1. The van der Waals surface area contributed by atoms with Crippen LogP contribution < -0.4 is 5.32 Å². The van der Waals surface area contributed by atoms with Crippen molar-refractivity contribution in [1.82, 2.24) is 4.90 Å². The van der Waals surface area contributed by atoms with Gasteiger partial charge in [-0.15, -0.1) is 0 Å². The minimum absolute atomic E-state index is 0.00536. The summed E-state index contributed by atoms with van der Waals surface area (Å²) in [6.07, 6.45) is -0.264. The molecule has 21 heavy (non-hydrogen) atoms. The molecule has 0 spiro atoms. The molecule has 1 unspecified atom stereocenters. The highest BCUT2D eigenvalue weighted by atomic mass is 16.2. The Kier molecular flexibility index (Phi) is 3.11. The normalized spacial score (nSPS) is 16.9. The van der Waals surface area contributed by atoms with Crippen molar-refractivity contribution in [3.05, 3.63) is 64.7 Å². The highest BCUT2D eigenvalue weighted by molar-refractivity contribution is 6.02. The van der Waals surface area contributed by atoms with Gasteiger partial charge in [0.25, 0.3) is 5.91 Å². The van der Waals surface area contributed by atoms with Crippen LogP contribution in [0.2, 0.25) is 0 Å². The Hall–Kier alpha value is -2.80. The second kappa shape index (κ2) is 4.95. The zero-order valence-electron chi connectivity index (χ0n) is 11.9. The van der Waals surface area contributed by atoms with Gasteiger partial charge >= 0.3 is 0 Å². The molecule has 3 rings (SSSR count). The fraction of sp³-hybridized carbons (Fsp3) is 0.176. The Labute approximate surface area is 123 Å². The summed E-state index contributed by atoms with van der Waals surface area (Å²) in [7, 11) is 1.77. The van der Waals surface area contributed by atoms with E-state index in [1.807, 2.05) is 43.3 Å². The molecule has 0 aromatic heterocycles. The van der Waals surface area contributed by atoms with Crippen LogP contribution in [-0.4, -0.2) is 17.9 Å². The molecule has 1 aliphatic heterocycles. The minimum Gasteiger partial charge on any atom is -0.361 e. The molecule has 0 saturated carbocycles. The summed E-state index contributed by atoms with van der Waals surface area (Å²) in [5.41, 5.74) is 4.00. The third-order valence-electron chi connectivity index (χ3n) is 3.82. The van der Waals surface area contributed by atoms with E-state index in [2.05, 4.69) is 11.4 Å². The minimum atomic E-state index is -0.264. The molecule has 1 amide bonds. The van der Waals surface area contributed by atoms with Gasteiger partial charge in [0.1, 0.15) is 6.17 Å². The molecule has 0 radical (unpaired) electrons. The number of hydrogen-bond acceptors (Lipinski definition) is 3. The summed E-state index contributed by atoms with van der Waals surface area (Å²) in [5, 5.41) is 12.4. The molecule has 0 fully saturated rings. The maximum absolute atomic E-state index is 12.6. The molecule has 2 aromatic rings. The fourth-order valence-corrected chi connectivity index (χ4v) is 2.69. The lowest BCUT2D eigenvalue weighted by atomic mass is 9.99. The Balaban J connectivity index is 2.07. The number of amides is 1. The van der Waals surface area contributed by atoms with Gasteiger partial charge in [-0.25, -0.2) is 0 Å². The van der Waals surface area contributed by atoms with Crippen molar-refractivity contribution in [3.8, 4) is 6.07 Å². The van der Waals surface area contributed by atoms with Crippen LogP contribution in [0.5, 0.6) is 0 Å². The SMILES string of the molecule is Cc1cccc2c1C(=O)N(C)C(c1cccc(C#N)c1)N2. The quantitative estimate of drug-likeness (QED) is 0.871. The van der Waals surface area contributed by atoms with Crippen molar-refractivity contribution in [3.63, 3.8) is 0 Å². The number of nitriles is 1. The number of carbonyl (C=O) groups excluding carboxylic acids is 1. The van der Waals surface area contributed by atoms with E-state index in [0.717, 1.165) is 16.8 Å². The average molecular weight is 277 g/mol. The molecule has 2 aromatic carbocycles. The van der Waals surface area contributed by atoms with E-state index in [9.17, 15) is 4.79 Å². The number of nitrogens with zero attached hydrogens (tertiary/aromatic N) is 2. The predicted octanol–water partition coefficient (Wildman–Crippen LogP) is 3.06. The Morgan fingerprint density at radius 3 is 2.76 bits per heavy atom. The lowest BCUT2D eigenvalue weighted by Crippen LogP contribution is -2.40. The van der Waals surface area contributed by atoms with Gasteiger partial charge < -0.3 is 10.2 Å². The van der Waals surface area contributed by atoms with E-state index < -0.39 is 0 Å². The molecule has 1 atom stereocenters. The standard InChI is InChI=1S/C17H15N3O/c1-11-5-3-8-14-15(11)17(21)20(2)16(19-14)13-7-4-6-12(9-13)10-18/h3-9,16,19H,1-2H3. The monoisotopic (exact) mass is 277 g/mol. The molecular weight excluding hydrogens is 262 g/mol. The zero-order valence-corrected chi connectivity index (χ0v) is 11.9. The number of benzene rings is 2. The topological polar surface area (TPSA) is 56.1 Å². The van der Waals surface area contributed by atoms with Crippen LogP contribution in [-0.2, 0) is 0 Å². The molecule has 1 N–H and O–H groups in total. The largest absolute Gasteiger partial charge is 0.361 e. The number of rotatable bonds is 1. The fourth-order valence-electron chi connectivity index (χ4n) is 2.69. The molecule has 4 heteroatoms. The molecule has 0 bridgehead atoms. The lowest BCUT2D eigenvalue weighted by Gasteiger charge is -2.36. The number of fused-ring (bicyclic) bond motifs is 1. The summed E-state index contributed by atoms with van der Waals surface area (Å²) in [5.74, 6) is -0.00536. The van der Waals surface area contributed by atoms with Gasteiger partial charge in [0.2, 0.25) is 0 Å². The van der Waals surface area contributed by atoms with E-state index in [1.165, 1.54) is 0 Å². The van der Waals surface area contributed by atoms with E-state index >= 15 is 0 Å². The molecule has 0 saturated heterocycles. The van der Waals surface area contributed by atoms with Gasteiger partial charge in [0.05, 0.1) is 17.2 Å². The van der Waals surface area contributed by atoms with E-state index in [0.29, 0.717) is 11.1 Å². The number of anilines is 1. The van der Waals surface area contributed by atoms with Crippen LogP contribution in [0.25, 0.3) is 0 Å². The molecule has 1 heterocycles. The first-order valence-corrected chi connectivity index (χ1v) is 6.75. The van der Waals surface area contributed by atoms with Crippen molar-refractivity contribution in [2.45, 2.75) is 13.1 Å². The average Bonchev–Trinajstić information content (AvgIpc) is 2.50. The van der Waals surface area contributed by atoms with E-state index in [-0.39, 0.29) is 12.1 Å². The molecule has 104 valence electrons. The maximum Gasteiger partial charge on any atom is 0.257 e. The summed E-state index contributed by atoms with van der Waals surface area (Å²) >= 11 is 0. The van der Waals surface area contributed by atoms with Crippen LogP contribution in [0.15, 0.2) is 42.5 Å². The number of aryl methyl sites for hydroxylation is 1. The number of nitrogens with one attached hydrogen (secondary N) is 1. The smallest absolute Gasteiger partial charge is 0.257 e. The molecule has 0 aliphatic carbocycles. The summed E-state index contributed by atoms with van der Waals surface area (Å²) in [4.78, 5) is 14.3. The van der Waals surface area contributed by atoms with Crippen molar-refractivity contribution in [2.75, 3.05) is 12.4 Å². The Morgan fingerprint density at radius 2 is 2.00 bits per heavy atom. The summed E-state index contributed by atoms with van der Waals surface area (Å²) < 4.78 is 0. The van der Waals surface area contributed by atoms with Crippen LogP contribution in [0, 0.1) is 18.3 Å². The first-order valence-electron chi connectivity index (χ1n) is 6.75. The Morgan fingerprint density at radius 1 is 1.24 bits per heavy atom. The van der Waals surface area contributed by atoms with Crippen LogP contribution in [0.1, 0.15) is 33.2 Å². The van der Waals surface area contributed by atoms with Crippen molar-refractivity contribution >= 4 is 11.6 Å². The van der Waals surface area contributed by atoms with Gasteiger partial charge in [-0.05, 0) is 36.2 Å². The van der Waals surface area contributed by atoms with Gasteiger partial charge in [-0.1, -0.05) is 24.3 Å². The summed E-state index contributed by atoms with van der Waals surface area (Å²) in [6.45, 7) is 1.93. The Bertz CT molecular complexity index is 761. The number of carbonyl (C=O) groups is 1. The van der Waals surface area contributed by atoms with Crippen LogP contribution >= 0.6 is 0 Å². The second-order valence-electron chi connectivity index (χ2n) is 5.20. The van der Waals surface area contributed by atoms with E-state index in [4.69, 9.17) is 5.26 Å². The third kappa shape index (κ3) is 2.13. The predicted molar refractivity (Wildman–Crippen MR) is 80.8 cm³/mol. The zero-order chi connectivity index (χ0) is 15.0. The van der Waals surface area contributed by atoms with Gasteiger partial charge in [0.15, 0.2) is 0 Å².